The maximum absolute atomic E-state index is 6.45. The van der Waals surface area contributed by atoms with E-state index in [2.05, 4.69) is 40.9 Å². The van der Waals surface area contributed by atoms with E-state index in [-0.39, 0.29) is 6.10 Å². The normalized spacial score (nSPS) is 12.0. The Bertz CT molecular complexity index is 1270. The molecule has 34 heavy (non-hydrogen) atoms. The van der Waals surface area contributed by atoms with Gasteiger partial charge in [0.2, 0.25) is 0 Å². The molecule has 0 aliphatic rings. The Morgan fingerprint density at radius 1 is 0.941 bits per heavy atom. The van der Waals surface area contributed by atoms with E-state index in [1.54, 1.807) is 20.4 Å². The van der Waals surface area contributed by atoms with Gasteiger partial charge in [-0.3, -0.25) is 0 Å². The van der Waals surface area contributed by atoms with Crippen molar-refractivity contribution in [1.29, 1.82) is 0 Å². The van der Waals surface area contributed by atoms with Gasteiger partial charge in [0, 0.05) is 34.5 Å². The summed E-state index contributed by atoms with van der Waals surface area (Å²) in [6.45, 7) is 6.27. The fraction of sp³-hybridized carbons (Fsp3) is 0.357. The van der Waals surface area contributed by atoms with Crippen molar-refractivity contribution in [2.75, 3.05) is 14.2 Å². The van der Waals surface area contributed by atoms with Crippen molar-refractivity contribution < 1.29 is 14.2 Å². The molecule has 0 amide bonds. The van der Waals surface area contributed by atoms with Crippen LogP contribution < -0.4 is 14.2 Å². The first-order valence-electron chi connectivity index (χ1n) is 11.9. The van der Waals surface area contributed by atoms with Crippen molar-refractivity contribution in [3.63, 3.8) is 0 Å². The molecular formula is C28H33N3O3. The van der Waals surface area contributed by atoms with Gasteiger partial charge in [-0.05, 0) is 44.9 Å². The lowest BCUT2D eigenvalue weighted by molar-refractivity contribution is 0.207. The molecule has 4 rings (SSSR count). The average Bonchev–Trinajstić information content (AvgIpc) is 3.24. The maximum Gasteiger partial charge on any atom is 0.178 e. The minimum atomic E-state index is 0.0966. The summed E-state index contributed by atoms with van der Waals surface area (Å²) in [6, 6.07) is 14.1. The molecule has 0 bridgehead atoms. The zero-order valence-electron chi connectivity index (χ0n) is 20.6. The third-order valence-corrected chi connectivity index (χ3v) is 6.04. The first kappa shape index (κ1) is 23.6. The monoisotopic (exact) mass is 459 g/mol. The molecule has 0 aliphatic carbocycles. The molecule has 4 aromatic rings. The fourth-order valence-corrected chi connectivity index (χ4v) is 4.34. The Morgan fingerprint density at radius 2 is 1.74 bits per heavy atom. The van der Waals surface area contributed by atoms with Crippen LogP contribution in [0.15, 0.2) is 48.7 Å². The molecule has 2 aromatic heterocycles. The topological polar surface area (TPSA) is 69.3 Å². The highest BCUT2D eigenvalue weighted by atomic mass is 16.5. The van der Waals surface area contributed by atoms with Crippen molar-refractivity contribution in [3.05, 3.63) is 54.5 Å². The SMILES string of the molecule is CCCCCC(C)Oc1cc(OC)ccc1-c1cccc(-c2ccnc3nc(C)[nH]c23)c1OC. The van der Waals surface area contributed by atoms with Gasteiger partial charge in [-0.15, -0.1) is 0 Å². The Kier molecular flexibility index (Phi) is 7.36. The molecule has 6 heteroatoms. The number of ether oxygens (including phenoxy) is 3. The smallest absolute Gasteiger partial charge is 0.178 e. The van der Waals surface area contributed by atoms with Gasteiger partial charge in [-0.1, -0.05) is 38.0 Å². The van der Waals surface area contributed by atoms with Crippen LogP contribution in [0, 0.1) is 6.92 Å². The van der Waals surface area contributed by atoms with Crippen LogP contribution in [0.2, 0.25) is 0 Å². The van der Waals surface area contributed by atoms with Crippen LogP contribution in [0.25, 0.3) is 33.4 Å². The number of aryl methyl sites for hydroxylation is 1. The molecule has 6 nitrogen and oxygen atoms in total. The van der Waals surface area contributed by atoms with Crippen molar-refractivity contribution >= 4 is 11.2 Å². The number of unbranched alkanes of at least 4 members (excludes halogenated alkanes) is 2. The van der Waals surface area contributed by atoms with Gasteiger partial charge in [-0.2, -0.15) is 0 Å². The molecule has 0 aliphatic heterocycles. The number of aromatic amines is 1. The highest BCUT2D eigenvalue weighted by Crippen LogP contribution is 2.44. The van der Waals surface area contributed by atoms with E-state index >= 15 is 0 Å². The van der Waals surface area contributed by atoms with Gasteiger partial charge in [0.1, 0.15) is 23.1 Å². The van der Waals surface area contributed by atoms with Crippen molar-refractivity contribution in [2.45, 2.75) is 52.6 Å². The van der Waals surface area contributed by atoms with E-state index in [9.17, 15) is 0 Å². The molecule has 0 saturated heterocycles. The third kappa shape index (κ3) is 4.86. The summed E-state index contributed by atoms with van der Waals surface area (Å²) in [5, 5.41) is 0. The molecule has 1 N–H and O–H groups in total. The lowest BCUT2D eigenvalue weighted by atomic mass is 9.96. The van der Waals surface area contributed by atoms with Crippen LogP contribution in [-0.4, -0.2) is 35.3 Å². The van der Waals surface area contributed by atoms with E-state index < -0.39 is 0 Å². The van der Waals surface area contributed by atoms with Crippen LogP contribution in [0.5, 0.6) is 17.2 Å². The maximum atomic E-state index is 6.45. The number of methoxy groups -OCH3 is 2. The van der Waals surface area contributed by atoms with E-state index in [4.69, 9.17) is 14.2 Å². The molecule has 0 radical (unpaired) electrons. The highest BCUT2D eigenvalue weighted by molar-refractivity contribution is 5.95. The Hall–Kier alpha value is -3.54. The summed E-state index contributed by atoms with van der Waals surface area (Å²) in [7, 11) is 3.38. The molecular weight excluding hydrogens is 426 g/mol. The molecule has 1 unspecified atom stereocenters. The Morgan fingerprint density at radius 3 is 2.47 bits per heavy atom. The van der Waals surface area contributed by atoms with Gasteiger partial charge >= 0.3 is 0 Å². The number of fused-ring (bicyclic) bond motifs is 1. The van der Waals surface area contributed by atoms with Crippen molar-refractivity contribution in [1.82, 2.24) is 15.0 Å². The van der Waals surface area contributed by atoms with Gasteiger partial charge in [0.25, 0.3) is 0 Å². The minimum Gasteiger partial charge on any atom is -0.497 e. The number of nitrogens with one attached hydrogen (secondary N) is 1. The summed E-state index contributed by atoms with van der Waals surface area (Å²) in [5.74, 6) is 3.15. The van der Waals surface area contributed by atoms with Crippen LogP contribution in [0.1, 0.15) is 45.4 Å². The standard InChI is InChI=1S/C28H33N3O3/c1-6-7-8-10-18(2)34-25-17-20(32-4)13-14-21(25)23-11-9-12-24(27(23)33-5)22-15-16-29-28-26(22)30-19(3)31-28/h9,11-18H,6-8,10H2,1-5H3,(H,29,30,31). The highest BCUT2D eigenvalue weighted by Gasteiger charge is 2.20. The molecule has 2 heterocycles. The number of benzene rings is 2. The van der Waals surface area contributed by atoms with Crippen LogP contribution in [0.3, 0.4) is 0 Å². The lowest BCUT2D eigenvalue weighted by Crippen LogP contribution is -2.12. The number of rotatable bonds is 10. The zero-order valence-corrected chi connectivity index (χ0v) is 20.6. The van der Waals surface area contributed by atoms with E-state index in [0.29, 0.717) is 5.65 Å². The van der Waals surface area contributed by atoms with Gasteiger partial charge in [-0.25, -0.2) is 9.97 Å². The number of imidazole rings is 1. The predicted octanol–water partition coefficient (Wildman–Crippen LogP) is 6.97. The van der Waals surface area contributed by atoms with Gasteiger partial charge in [0.05, 0.1) is 25.8 Å². The van der Waals surface area contributed by atoms with Crippen LogP contribution >= 0.6 is 0 Å². The van der Waals surface area contributed by atoms with Crippen molar-refractivity contribution in [2.24, 2.45) is 0 Å². The van der Waals surface area contributed by atoms with Crippen molar-refractivity contribution in [3.8, 4) is 39.5 Å². The Balaban J connectivity index is 1.80. The minimum absolute atomic E-state index is 0.0966. The third-order valence-electron chi connectivity index (χ3n) is 6.04. The van der Waals surface area contributed by atoms with Gasteiger partial charge < -0.3 is 19.2 Å². The fourth-order valence-electron chi connectivity index (χ4n) is 4.34. The molecule has 178 valence electrons. The summed E-state index contributed by atoms with van der Waals surface area (Å²) in [4.78, 5) is 12.2. The summed E-state index contributed by atoms with van der Waals surface area (Å²) < 4.78 is 17.9. The van der Waals surface area contributed by atoms with Crippen LogP contribution in [-0.2, 0) is 0 Å². The number of H-pyrrole nitrogens is 1. The zero-order chi connectivity index (χ0) is 24.1. The van der Waals surface area contributed by atoms with E-state index in [0.717, 1.165) is 63.7 Å². The predicted molar refractivity (Wildman–Crippen MR) is 137 cm³/mol. The first-order chi connectivity index (χ1) is 16.5. The second-order valence-corrected chi connectivity index (χ2v) is 8.55. The summed E-state index contributed by atoms with van der Waals surface area (Å²) in [5.41, 5.74) is 5.47. The molecule has 0 spiro atoms. The molecule has 0 saturated carbocycles. The molecule has 2 aromatic carbocycles. The average molecular weight is 460 g/mol. The first-order valence-corrected chi connectivity index (χ1v) is 11.9. The number of pyridine rings is 1. The quantitative estimate of drug-likeness (QED) is 0.259. The number of para-hydroxylation sites is 1. The number of nitrogens with zero attached hydrogens (tertiary/aromatic N) is 2. The summed E-state index contributed by atoms with van der Waals surface area (Å²) >= 11 is 0. The summed E-state index contributed by atoms with van der Waals surface area (Å²) in [6.07, 6.45) is 6.44. The van der Waals surface area contributed by atoms with Gasteiger partial charge in [0.15, 0.2) is 5.65 Å². The largest absolute Gasteiger partial charge is 0.497 e. The molecule has 0 fully saturated rings. The molecule has 1 atom stereocenters. The second kappa shape index (κ2) is 10.6. The number of aromatic nitrogens is 3. The number of hydrogen-bond donors (Lipinski definition) is 1. The second-order valence-electron chi connectivity index (χ2n) is 8.55. The van der Waals surface area contributed by atoms with E-state index in [1.807, 2.05) is 37.3 Å². The van der Waals surface area contributed by atoms with E-state index in [1.165, 1.54) is 12.8 Å². The van der Waals surface area contributed by atoms with Crippen LogP contribution in [0.4, 0.5) is 0 Å². The lowest BCUT2D eigenvalue weighted by Gasteiger charge is -2.20. The Labute approximate surface area is 201 Å². The number of hydrogen-bond acceptors (Lipinski definition) is 5.